The zero-order valence-corrected chi connectivity index (χ0v) is 17.6. The largest absolute Gasteiger partial charge is 0.298 e. The van der Waals surface area contributed by atoms with E-state index in [4.69, 9.17) is 4.84 Å². The number of benzene rings is 1. The van der Waals surface area contributed by atoms with E-state index in [0.29, 0.717) is 29.7 Å². The highest BCUT2D eigenvalue weighted by Gasteiger charge is 2.45. The van der Waals surface area contributed by atoms with E-state index in [0.717, 1.165) is 11.8 Å². The van der Waals surface area contributed by atoms with Gasteiger partial charge in [-0.05, 0) is 36.6 Å². The molecule has 3 unspecified atom stereocenters. The number of nitrogens with one attached hydrogen (secondary N) is 1. The van der Waals surface area contributed by atoms with Crippen molar-refractivity contribution in [1.82, 2.24) is 5.48 Å². The lowest BCUT2D eigenvalue weighted by Gasteiger charge is -2.28. The second kappa shape index (κ2) is 6.60. The summed E-state index contributed by atoms with van der Waals surface area (Å²) in [6, 6.07) is 2.79. The summed E-state index contributed by atoms with van der Waals surface area (Å²) in [5, 5.41) is 0. The molecule has 4 rings (SSSR count). The Kier molecular flexibility index (Phi) is 4.55. The normalized spacial score (nSPS) is 29.0. The van der Waals surface area contributed by atoms with Gasteiger partial charge in [-0.3, -0.25) is 24.7 Å². The third-order valence-corrected chi connectivity index (χ3v) is 7.25. The maximum Gasteiger partial charge on any atom is 0.181 e. The van der Waals surface area contributed by atoms with E-state index >= 15 is 0 Å². The number of carbonyl (C=O) groups excluding carboxylic acids is 3. The summed E-state index contributed by atoms with van der Waals surface area (Å²) in [6.45, 7) is 5.11. The number of Topliss-reactive ketones (excluding diaryl/α,β-unsaturated/α-hetero) is 3. The van der Waals surface area contributed by atoms with Crippen molar-refractivity contribution < 1.29 is 27.6 Å². The third kappa shape index (κ3) is 3.14. The highest BCUT2D eigenvalue weighted by molar-refractivity contribution is 7.90. The van der Waals surface area contributed by atoms with Crippen LogP contribution in [-0.2, 0) is 24.3 Å². The maximum atomic E-state index is 13.3. The molecule has 8 heteroatoms. The molecule has 1 aliphatic heterocycles. The van der Waals surface area contributed by atoms with E-state index in [1.165, 1.54) is 12.1 Å². The Balaban J connectivity index is 1.85. The molecule has 1 aromatic rings. The van der Waals surface area contributed by atoms with Crippen LogP contribution < -0.4 is 5.48 Å². The summed E-state index contributed by atoms with van der Waals surface area (Å²) < 4.78 is 24.7. The number of carbonyl (C=O) groups is 3. The molecule has 1 aromatic carbocycles. The SMILES string of the molecule is Cc1c(C(=O)C2C(=O)C(C)CC(C)C2=O)ccc(S(C)(=O)=O)c1C1=C2CC2ON1. The first-order valence-electron chi connectivity index (χ1n) is 9.62. The van der Waals surface area contributed by atoms with Crippen LogP contribution in [0.2, 0.25) is 0 Å². The molecule has 154 valence electrons. The van der Waals surface area contributed by atoms with Gasteiger partial charge in [0, 0.05) is 35.6 Å². The van der Waals surface area contributed by atoms with Crippen molar-refractivity contribution in [2.75, 3.05) is 6.26 Å². The zero-order valence-electron chi connectivity index (χ0n) is 16.7. The van der Waals surface area contributed by atoms with Crippen LogP contribution in [0.1, 0.15) is 48.2 Å². The molecule has 2 fully saturated rings. The fourth-order valence-corrected chi connectivity index (χ4v) is 5.32. The van der Waals surface area contributed by atoms with Crippen LogP contribution in [0.4, 0.5) is 0 Å². The average Bonchev–Trinajstić information content (AvgIpc) is 3.30. The van der Waals surface area contributed by atoms with Gasteiger partial charge < -0.3 is 0 Å². The molecular weight excluding hydrogens is 394 g/mol. The van der Waals surface area contributed by atoms with Gasteiger partial charge in [-0.25, -0.2) is 8.42 Å². The minimum absolute atomic E-state index is 0.0700. The standard InChI is InChI=1S/C21H23NO6S/c1-9-7-10(2)20(24)17(19(9)23)21(25)12-5-6-15(29(4,26)27)16(11(12)3)18-13-8-14(13)28-22-18/h5-6,9-10,14,17,22H,7-8H2,1-4H3. The first-order chi connectivity index (χ1) is 13.5. The van der Waals surface area contributed by atoms with E-state index in [1.54, 1.807) is 20.8 Å². The van der Waals surface area contributed by atoms with E-state index in [1.807, 2.05) is 0 Å². The molecule has 2 saturated carbocycles. The summed E-state index contributed by atoms with van der Waals surface area (Å²) in [4.78, 5) is 44.1. The summed E-state index contributed by atoms with van der Waals surface area (Å²) in [7, 11) is -3.58. The van der Waals surface area contributed by atoms with Gasteiger partial charge in [0.25, 0.3) is 0 Å². The van der Waals surface area contributed by atoms with Crippen LogP contribution in [0.15, 0.2) is 22.6 Å². The zero-order chi connectivity index (χ0) is 21.2. The molecule has 2 aliphatic carbocycles. The second-order valence-corrected chi connectivity index (χ2v) is 10.3. The van der Waals surface area contributed by atoms with E-state index in [2.05, 4.69) is 5.48 Å². The minimum atomic E-state index is -3.58. The van der Waals surface area contributed by atoms with Crippen molar-refractivity contribution in [1.29, 1.82) is 0 Å². The molecule has 3 atom stereocenters. The predicted octanol–water partition coefficient (Wildman–Crippen LogP) is 2.03. The molecule has 0 amide bonds. The topological polar surface area (TPSA) is 107 Å². The van der Waals surface area contributed by atoms with Crippen molar-refractivity contribution in [2.45, 2.75) is 44.6 Å². The predicted molar refractivity (Wildman–Crippen MR) is 105 cm³/mol. The van der Waals surface area contributed by atoms with E-state index in [9.17, 15) is 22.8 Å². The highest BCUT2D eigenvalue weighted by Crippen LogP contribution is 2.45. The lowest BCUT2D eigenvalue weighted by Crippen LogP contribution is -2.43. The molecule has 3 aliphatic rings. The number of rotatable bonds is 4. The van der Waals surface area contributed by atoms with Crippen molar-refractivity contribution in [3.8, 4) is 0 Å². The summed E-state index contributed by atoms with van der Waals surface area (Å²) >= 11 is 0. The van der Waals surface area contributed by atoms with Gasteiger partial charge in [0.15, 0.2) is 27.2 Å². The molecule has 0 bridgehead atoms. The molecule has 29 heavy (non-hydrogen) atoms. The Labute approximate surface area is 169 Å². The molecule has 0 saturated heterocycles. The quantitative estimate of drug-likeness (QED) is 0.590. The van der Waals surface area contributed by atoms with Gasteiger partial charge in [0.2, 0.25) is 0 Å². The van der Waals surface area contributed by atoms with Gasteiger partial charge in [-0.15, -0.1) is 0 Å². The highest BCUT2D eigenvalue weighted by atomic mass is 32.2. The smallest absolute Gasteiger partial charge is 0.181 e. The lowest BCUT2D eigenvalue weighted by molar-refractivity contribution is -0.139. The Morgan fingerprint density at radius 1 is 1.14 bits per heavy atom. The monoisotopic (exact) mass is 417 g/mol. The van der Waals surface area contributed by atoms with Crippen LogP contribution in [-0.4, -0.2) is 38.1 Å². The summed E-state index contributed by atoms with van der Waals surface area (Å²) in [5.74, 6) is -3.35. The Morgan fingerprint density at radius 2 is 1.76 bits per heavy atom. The number of fused-ring (bicyclic) bond motifs is 1. The summed E-state index contributed by atoms with van der Waals surface area (Å²) in [6.07, 6.45) is 2.19. The minimum Gasteiger partial charge on any atom is -0.298 e. The Bertz CT molecular complexity index is 1080. The molecule has 0 spiro atoms. The van der Waals surface area contributed by atoms with Crippen molar-refractivity contribution in [3.05, 3.63) is 34.4 Å². The Hall–Kier alpha value is -2.32. The van der Waals surface area contributed by atoms with Gasteiger partial charge >= 0.3 is 0 Å². The van der Waals surface area contributed by atoms with Crippen LogP contribution in [0.5, 0.6) is 0 Å². The van der Waals surface area contributed by atoms with Crippen molar-refractivity contribution in [2.24, 2.45) is 17.8 Å². The van der Waals surface area contributed by atoms with Gasteiger partial charge in [0.05, 0.1) is 10.6 Å². The molecule has 1 heterocycles. The average molecular weight is 417 g/mol. The number of hydrogen-bond acceptors (Lipinski definition) is 7. The van der Waals surface area contributed by atoms with Crippen LogP contribution in [0.25, 0.3) is 5.70 Å². The second-order valence-electron chi connectivity index (χ2n) is 8.34. The number of sulfone groups is 1. The van der Waals surface area contributed by atoms with Gasteiger partial charge in [-0.2, -0.15) is 0 Å². The lowest BCUT2D eigenvalue weighted by atomic mass is 9.71. The van der Waals surface area contributed by atoms with Crippen molar-refractivity contribution >= 4 is 32.9 Å². The molecule has 0 aromatic heterocycles. The fourth-order valence-electron chi connectivity index (χ4n) is 4.38. The van der Waals surface area contributed by atoms with Crippen LogP contribution in [0.3, 0.4) is 0 Å². The molecule has 1 N–H and O–H groups in total. The fraction of sp³-hybridized carbons (Fsp3) is 0.476. The van der Waals surface area contributed by atoms with Gasteiger partial charge in [-0.1, -0.05) is 13.8 Å². The van der Waals surface area contributed by atoms with Crippen molar-refractivity contribution in [3.63, 3.8) is 0 Å². The first kappa shape index (κ1) is 20.0. The number of hydrogen-bond donors (Lipinski definition) is 1. The van der Waals surface area contributed by atoms with Crippen LogP contribution in [0, 0.1) is 24.7 Å². The summed E-state index contributed by atoms with van der Waals surface area (Å²) in [5.41, 5.74) is 5.29. The maximum absolute atomic E-state index is 13.3. The Morgan fingerprint density at radius 3 is 2.24 bits per heavy atom. The van der Waals surface area contributed by atoms with E-state index in [-0.39, 0.29) is 40.0 Å². The van der Waals surface area contributed by atoms with Gasteiger partial charge in [0.1, 0.15) is 12.0 Å². The number of hydroxylamine groups is 1. The van der Waals surface area contributed by atoms with Crippen LogP contribution >= 0.6 is 0 Å². The molecule has 0 radical (unpaired) electrons. The third-order valence-electron chi connectivity index (χ3n) is 6.11. The first-order valence-corrected chi connectivity index (χ1v) is 11.5. The molecular formula is C21H23NO6S. The molecule has 7 nitrogen and oxygen atoms in total. The van der Waals surface area contributed by atoms with E-state index < -0.39 is 21.5 Å². The number of ketones is 3.